The van der Waals surface area contributed by atoms with Crippen molar-refractivity contribution >= 4 is 21.8 Å². The van der Waals surface area contributed by atoms with Gasteiger partial charge in [-0.25, -0.2) is 9.37 Å². The number of fused-ring (bicyclic) bond motifs is 3. The second-order valence-corrected chi connectivity index (χ2v) is 12.0. The first-order valence-electron chi connectivity index (χ1n) is 15.2. The summed E-state index contributed by atoms with van der Waals surface area (Å²) in [7, 11) is 0. The maximum Gasteiger partial charge on any atom is 2.00 e. The summed E-state index contributed by atoms with van der Waals surface area (Å²) in [4.78, 5) is 4.63. The van der Waals surface area contributed by atoms with Crippen molar-refractivity contribution < 1.29 is 30.2 Å². The van der Waals surface area contributed by atoms with Crippen LogP contribution in [0.25, 0.3) is 44.4 Å². The monoisotopic (exact) mass is 787 g/mol. The van der Waals surface area contributed by atoms with Gasteiger partial charge in [-0.3, -0.25) is 4.68 Å². The maximum atomic E-state index is 14.4. The molecule has 7 aromatic rings. The Hall–Kier alpha value is -4.54. The molecule has 3 heterocycles. The Balaban J connectivity index is 0.00000372. The smallest absolute Gasteiger partial charge is 0.509 e. The molecule has 7 heteroatoms. The minimum atomic E-state index is -0.289. The second kappa shape index (κ2) is 12.7. The van der Waals surface area contributed by atoms with Gasteiger partial charge in [0.25, 0.3) is 0 Å². The van der Waals surface area contributed by atoms with Crippen molar-refractivity contribution in [2.45, 2.75) is 41.0 Å². The van der Waals surface area contributed by atoms with Gasteiger partial charge in [-0.2, -0.15) is 16.7 Å². The molecule has 0 aliphatic rings. The zero-order valence-corrected chi connectivity index (χ0v) is 28.6. The Morgan fingerprint density at radius 2 is 1.65 bits per heavy atom. The van der Waals surface area contributed by atoms with Crippen LogP contribution in [0, 0.1) is 44.6 Å². The van der Waals surface area contributed by atoms with Crippen LogP contribution in [0.5, 0.6) is 11.5 Å². The molecule has 7 rings (SSSR count). The number of halogens is 1. The van der Waals surface area contributed by atoms with Crippen LogP contribution in [-0.4, -0.2) is 19.3 Å². The van der Waals surface area contributed by atoms with E-state index in [1.807, 2.05) is 71.6 Å². The minimum Gasteiger partial charge on any atom is -0.509 e. The van der Waals surface area contributed by atoms with Crippen LogP contribution in [0.15, 0.2) is 91.1 Å². The molecule has 46 heavy (non-hydrogen) atoms. The number of hydrogen-bond acceptors (Lipinski definition) is 3. The molecule has 3 aromatic heterocycles. The number of aromatic nitrogens is 4. The van der Waals surface area contributed by atoms with Crippen molar-refractivity contribution in [3.05, 3.63) is 132 Å². The molecule has 0 N–H and O–H groups in total. The summed E-state index contributed by atoms with van der Waals surface area (Å²) >= 11 is 0. The fraction of sp³-hybridized carbons (Fsp3) is 0.179. The van der Waals surface area contributed by atoms with E-state index in [1.54, 1.807) is 18.3 Å². The first kappa shape index (κ1) is 31.4. The summed E-state index contributed by atoms with van der Waals surface area (Å²) in [6, 6.07) is 34.1. The Bertz CT molecular complexity index is 2200. The third-order valence-corrected chi connectivity index (χ3v) is 8.08. The molecular weight excluding hydrogens is 755 g/mol. The number of hydrogen-bond donors (Lipinski definition) is 0. The van der Waals surface area contributed by atoms with Crippen LogP contribution in [0.3, 0.4) is 0 Å². The first-order chi connectivity index (χ1) is 21.7. The van der Waals surface area contributed by atoms with Gasteiger partial charge >= 0.3 is 21.1 Å². The number of nitrogens with zero attached hydrogens (tertiary/aromatic N) is 4. The van der Waals surface area contributed by atoms with Gasteiger partial charge in [-0.15, -0.1) is 35.7 Å². The SMILES string of the molecule is Cc1ccnc(-n2c3[c-]c(Oc4[c-]c(-n5nc(C)c(-c6ccccc6)c5C)cc(CC(C)C)c4)ccc3c3cc(F)ccc32)c1.[Pt+2]. The average Bonchev–Trinajstić information content (AvgIpc) is 3.49. The van der Waals surface area contributed by atoms with Gasteiger partial charge in [0.15, 0.2) is 0 Å². The number of benzene rings is 4. The molecule has 0 unspecified atom stereocenters. The van der Waals surface area contributed by atoms with Crippen molar-refractivity contribution in [3.8, 4) is 34.1 Å². The van der Waals surface area contributed by atoms with Crippen molar-refractivity contribution in [1.82, 2.24) is 19.3 Å². The van der Waals surface area contributed by atoms with Crippen LogP contribution in [0.2, 0.25) is 0 Å². The molecule has 0 atom stereocenters. The molecule has 0 aliphatic heterocycles. The van der Waals surface area contributed by atoms with E-state index in [1.165, 1.54) is 6.07 Å². The third-order valence-electron chi connectivity index (χ3n) is 8.08. The number of aryl methyl sites for hydroxylation is 2. The molecule has 232 valence electrons. The van der Waals surface area contributed by atoms with E-state index < -0.39 is 0 Å². The fourth-order valence-corrected chi connectivity index (χ4v) is 6.20. The molecule has 0 fully saturated rings. The fourth-order valence-electron chi connectivity index (χ4n) is 6.20. The summed E-state index contributed by atoms with van der Waals surface area (Å²) in [5, 5.41) is 6.59. The predicted molar refractivity (Wildman–Crippen MR) is 178 cm³/mol. The largest absolute Gasteiger partial charge is 2.00 e. The summed E-state index contributed by atoms with van der Waals surface area (Å²) in [6.45, 7) is 10.6. The Morgan fingerprint density at radius 3 is 2.41 bits per heavy atom. The standard InChI is InChI=1S/C39H33FN4O.Pt/c1-24(2)17-28-19-31(44-27(5)39(26(4)42-44)29-9-7-6-8-10-29)22-33(20-28)45-32-12-13-34-35-21-30(40)11-14-36(35)43(37(34)23-32)38-18-25(3)15-16-41-38;/h6-16,18-21,24H,17H2,1-5H3;/q-2;+2. The normalized spacial score (nSPS) is 11.4. The zero-order valence-electron chi connectivity index (χ0n) is 26.3. The first-order valence-corrected chi connectivity index (χ1v) is 15.2. The molecule has 0 aliphatic carbocycles. The Labute approximate surface area is 282 Å². The summed E-state index contributed by atoms with van der Waals surface area (Å²) in [5.41, 5.74) is 8.89. The molecule has 0 amide bonds. The van der Waals surface area contributed by atoms with Crippen LogP contribution in [0.4, 0.5) is 4.39 Å². The van der Waals surface area contributed by atoms with Crippen LogP contribution >= 0.6 is 0 Å². The van der Waals surface area contributed by atoms with E-state index in [0.717, 1.165) is 73.4 Å². The summed E-state index contributed by atoms with van der Waals surface area (Å²) < 4.78 is 24.9. The number of pyridine rings is 1. The van der Waals surface area contributed by atoms with Gasteiger partial charge < -0.3 is 9.30 Å². The van der Waals surface area contributed by atoms with E-state index in [9.17, 15) is 4.39 Å². The molecule has 0 saturated heterocycles. The number of rotatable bonds is 7. The van der Waals surface area contributed by atoms with Crippen molar-refractivity contribution in [1.29, 1.82) is 0 Å². The third kappa shape index (κ3) is 5.90. The quantitative estimate of drug-likeness (QED) is 0.151. The molecular formula is C39H33FN4OPt. The molecule has 5 nitrogen and oxygen atoms in total. The second-order valence-electron chi connectivity index (χ2n) is 12.0. The summed E-state index contributed by atoms with van der Waals surface area (Å²) in [6.07, 6.45) is 2.66. The summed E-state index contributed by atoms with van der Waals surface area (Å²) in [5.74, 6) is 2.01. The molecule has 0 radical (unpaired) electrons. The van der Waals surface area contributed by atoms with Gasteiger partial charge in [0.05, 0.1) is 5.69 Å². The van der Waals surface area contributed by atoms with Gasteiger partial charge in [0, 0.05) is 34.5 Å². The molecule has 0 bridgehead atoms. The minimum absolute atomic E-state index is 0. The van der Waals surface area contributed by atoms with E-state index >= 15 is 0 Å². The van der Waals surface area contributed by atoms with Crippen molar-refractivity contribution in [2.24, 2.45) is 5.92 Å². The zero-order chi connectivity index (χ0) is 31.2. The predicted octanol–water partition coefficient (Wildman–Crippen LogP) is 9.68. The van der Waals surface area contributed by atoms with Crippen LogP contribution < -0.4 is 4.74 Å². The van der Waals surface area contributed by atoms with Crippen molar-refractivity contribution in [3.63, 3.8) is 0 Å². The van der Waals surface area contributed by atoms with Gasteiger partial charge in [-0.05, 0) is 85.6 Å². The van der Waals surface area contributed by atoms with Gasteiger partial charge in [-0.1, -0.05) is 49.7 Å². The van der Waals surface area contributed by atoms with E-state index in [4.69, 9.17) is 9.84 Å². The van der Waals surface area contributed by atoms with Crippen molar-refractivity contribution in [2.75, 3.05) is 0 Å². The molecule has 0 spiro atoms. The number of ether oxygens (including phenoxy) is 1. The Kier molecular flexibility index (Phi) is 8.67. The van der Waals surface area contributed by atoms with Gasteiger partial charge in [0.2, 0.25) is 0 Å². The maximum absolute atomic E-state index is 14.4. The molecule has 4 aromatic carbocycles. The van der Waals surface area contributed by atoms with Gasteiger partial charge in [0.1, 0.15) is 11.6 Å². The Morgan fingerprint density at radius 1 is 0.848 bits per heavy atom. The average molecular weight is 788 g/mol. The van der Waals surface area contributed by atoms with E-state index in [-0.39, 0.29) is 26.9 Å². The van der Waals surface area contributed by atoms with E-state index in [2.05, 4.69) is 56.1 Å². The molecule has 0 saturated carbocycles. The van der Waals surface area contributed by atoms with Crippen LogP contribution in [-0.2, 0) is 27.5 Å². The topological polar surface area (TPSA) is 44.9 Å². The van der Waals surface area contributed by atoms with Crippen LogP contribution in [0.1, 0.15) is 36.4 Å². The van der Waals surface area contributed by atoms with E-state index in [0.29, 0.717) is 17.4 Å².